The van der Waals surface area contributed by atoms with Gasteiger partial charge in [-0.1, -0.05) is 49.2 Å². The van der Waals surface area contributed by atoms with Crippen LogP contribution in [0.5, 0.6) is 11.5 Å². The van der Waals surface area contributed by atoms with Gasteiger partial charge in [-0.25, -0.2) is 0 Å². The minimum atomic E-state index is -3.18. The van der Waals surface area contributed by atoms with Crippen molar-refractivity contribution < 1.29 is 18.8 Å². The summed E-state index contributed by atoms with van der Waals surface area (Å²) in [5.74, 6) is 0.835. The summed E-state index contributed by atoms with van der Waals surface area (Å²) in [6, 6.07) is 14.9. The lowest BCUT2D eigenvalue weighted by molar-refractivity contribution is 0.106. The van der Waals surface area contributed by atoms with Gasteiger partial charge in [0.05, 0.1) is 14.2 Å². The van der Waals surface area contributed by atoms with Gasteiger partial charge in [-0.05, 0) is 30.5 Å². The first kappa shape index (κ1) is 18.7. The molecule has 0 bridgehead atoms. The molecular formula is C21H25O4P. The molecule has 0 aromatic heterocycles. The minimum absolute atomic E-state index is 0.0650. The number of benzene rings is 2. The Morgan fingerprint density at radius 3 is 2.08 bits per heavy atom. The Kier molecular flexibility index (Phi) is 5.83. The maximum Gasteiger partial charge on any atom is 0.229 e. The highest BCUT2D eigenvalue weighted by Gasteiger charge is 2.43. The van der Waals surface area contributed by atoms with Crippen molar-refractivity contribution in [3.8, 4) is 11.5 Å². The SMILES string of the molecule is COc1cccc(OC)c1C(=O)P(=O)(Cc1ccccc1)C1CCCC1. The van der Waals surface area contributed by atoms with E-state index < -0.39 is 7.14 Å². The lowest BCUT2D eigenvalue weighted by Gasteiger charge is -2.25. The van der Waals surface area contributed by atoms with Crippen LogP contribution in [-0.4, -0.2) is 25.4 Å². The Balaban J connectivity index is 2.08. The number of hydrogen-bond acceptors (Lipinski definition) is 4. The summed E-state index contributed by atoms with van der Waals surface area (Å²) in [4.78, 5) is 13.6. The van der Waals surface area contributed by atoms with E-state index in [0.717, 1.165) is 31.2 Å². The molecule has 2 aromatic rings. The fourth-order valence-electron chi connectivity index (χ4n) is 3.79. The largest absolute Gasteiger partial charge is 0.496 e. The molecule has 26 heavy (non-hydrogen) atoms. The number of rotatable bonds is 7. The molecule has 4 nitrogen and oxygen atoms in total. The lowest BCUT2D eigenvalue weighted by atomic mass is 10.2. The molecule has 1 aliphatic carbocycles. The standard InChI is InChI=1S/C21H25O4P/c1-24-18-13-8-14-19(25-2)20(18)21(22)26(23,17-11-6-7-12-17)15-16-9-4-3-5-10-16/h3-5,8-10,13-14,17H,6-7,11-12,15H2,1-2H3. The molecular weight excluding hydrogens is 347 g/mol. The van der Waals surface area contributed by atoms with Crippen LogP contribution in [0.1, 0.15) is 41.6 Å². The Labute approximate surface area is 154 Å². The fraction of sp³-hybridized carbons (Fsp3) is 0.381. The van der Waals surface area contributed by atoms with E-state index in [1.165, 1.54) is 14.2 Å². The van der Waals surface area contributed by atoms with Gasteiger partial charge in [-0.3, -0.25) is 4.79 Å². The van der Waals surface area contributed by atoms with Crippen molar-refractivity contribution >= 4 is 12.7 Å². The van der Waals surface area contributed by atoms with Crippen molar-refractivity contribution in [3.63, 3.8) is 0 Å². The van der Waals surface area contributed by atoms with Crippen LogP contribution >= 0.6 is 7.14 Å². The highest BCUT2D eigenvalue weighted by molar-refractivity contribution is 7.81. The number of ether oxygens (including phenoxy) is 2. The average Bonchev–Trinajstić information content (AvgIpc) is 3.23. The predicted molar refractivity (Wildman–Crippen MR) is 104 cm³/mol. The van der Waals surface area contributed by atoms with Gasteiger partial charge in [0, 0.05) is 11.8 Å². The summed E-state index contributed by atoms with van der Waals surface area (Å²) in [5, 5.41) is 0. The van der Waals surface area contributed by atoms with Crippen molar-refractivity contribution in [2.24, 2.45) is 0 Å². The molecule has 5 heteroatoms. The van der Waals surface area contributed by atoms with Crippen LogP contribution in [0.2, 0.25) is 0 Å². The first-order chi connectivity index (χ1) is 12.6. The zero-order valence-corrected chi connectivity index (χ0v) is 16.2. The van der Waals surface area contributed by atoms with Gasteiger partial charge in [-0.2, -0.15) is 0 Å². The summed E-state index contributed by atoms with van der Waals surface area (Å²) in [6.07, 6.45) is 4.03. The molecule has 0 heterocycles. The van der Waals surface area contributed by atoms with E-state index >= 15 is 0 Å². The first-order valence-corrected chi connectivity index (χ1v) is 10.9. The Bertz CT molecular complexity index is 788. The lowest BCUT2D eigenvalue weighted by Crippen LogP contribution is -2.16. The van der Waals surface area contributed by atoms with E-state index in [9.17, 15) is 9.36 Å². The average molecular weight is 372 g/mol. The van der Waals surface area contributed by atoms with Crippen molar-refractivity contribution in [1.82, 2.24) is 0 Å². The second-order valence-corrected chi connectivity index (χ2v) is 9.76. The van der Waals surface area contributed by atoms with Crippen LogP contribution in [0.25, 0.3) is 0 Å². The predicted octanol–water partition coefficient (Wildman–Crippen LogP) is 5.35. The van der Waals surface area contributed by atoms with Gasteiger partial charge in [0.1, 0.15) is 17.1 Å². The Morgan fingerprint density at radius 2 is 1.54 bits per heavy atom. The summed E-state index contributed by atoms with van der Waals surface area (Å²) in [7, 11) is -0.147. The van der Waals surface area contributed by atoms with Gasteiger partial charge in [-0.15, -0.1) is 0 Å². The highest BCUT2D eigenvalue weighted by atomic mass is 31.2. The molecule has 1 atom stereocenters. The van der Waals surface area contributed by atoms with Gasteiger partial charge in [0.25, 0.3) is 0 Å². The van der Waals surface area contributed by atoms with E-state index in [-0.39, 0.29) is 11.2 Å². The number of methoxy groups -OCH3 is 2. The topological polar surface area (TPSA) is 52.6 Å². The molecule has 0 radical (unpaired) electrons. The molecule has 0 spiro atoms. The van der Waals surface area contributed by atoms with Crippen LogP contribution in [0.4, 0.5) is 0 Å². The smallest absolute Gasteiger partial charge is 0.229 e. The molecule has 138 valence electrons. The second kappa shape index (κ2) is 8.09. The van der Waals surface area contributed by atoms with Crippen molar-refractivity contribution in [2.45, 2.75) is 37.5 Å². The van der Waals surface area contributed by atoms with E-state index in [0.29, 0.717) is 23.2 Å². The quantitative estimate of drug-likeness (QED) is 0.615. The first-order valence-electron chi connectivity index (χ1n) is 8.98. The normalized spacial score (nSPS) is 16.8. The number of carbonyl (C=O) groups excluding carboxylic acids is 1. The fourth-order valence-corrected chi connectivity index (χ4v) is 7.08. The summed E-state index contributed by atoms with van der Waals surface area (Å²) in [6.45, 7) is 0. The van der Waals surface area contributed by atoms with Crippen molar-refractivity contribution in [1.29, 1.82) is 0 Å². The zero-order valence-electron chi connectivity index (χ0n) is 15.3. The van der Waals surface area contributed by atoms with Crippen molar-refractivity contribution in [3.05, 3.63) is 59.7 Å². The summed E-state index contributed by atoms with van der Waals surface area (Å²) < 4.78 is 25.0. The second-order valence-electron chi connectivity index (χ2n) is 6.72. The van der Waals surface area contributed by atoms with Crippen LogP contribution in [0, 0.1) is 0 Å². The molecule has 1 saturated carbocycles. The molecule has 2 aromatic carbocycles. The maximum absolute atomic E-state index is 14.2. The van der Waals surface area contributed by atoms with Crippen molar-refractivity contribution in [2.75, 3.05) is 14.2 Å². The molecule has 0 amide bonds. The van der Waals surface area contributed by atoms with E-state index in [4.69, 9.17) is 9.47 Å². The zero-order chi connectivity index (χ0) is 18.6. The van der Waals surface area contributed by atoms with E-state index in [1.807, 2.05) is 30.3 Å². The van der Waals surface area contributed by atoms with Crippen LogP contribution in [0.3, 0.4) is 0 Å². The monoisotopic (exact) mass is 372 g/mol. The van der Waals surface area contributed by atoms with E-state index in [2.05, 4.69) is 0 Å². The Hall–Kier alpha value is -2.06. The van der Waals surface area contributed by atoms with Gasteiger partial charge >= 0.3 is 0 Å². The molecule has 0 N–H and O–H groups in total. The molecule has 0 saturated heterocycles. The van der Waals surface area contributed by atoms with Gasteiger partial charge < -0.3 is 14.0 Å². The van der Waals surface area contributed by atoms with Gasteiger partial charge in [0.15, 0.2) is 7.14 Å². The summed E-state index contributed by atoms with van der Waals surface area (Å²) in [5.41, 5.74) is 0.862. The molecule has 1 aliphatic rings. The maximum atomic E-state index is 14.2. The number of hydrogen-bond donors (Lipinski definition) is 0. The molecule has 1 unspecified atom stereocenters. The summed E-state index contributed by atoms with van der Waals surface area (Å²) >= 11 is 0. The Morgan fingerprint density at radius 1 is 0.962 bits per heavy atom. The highest BCUT2D eigenvalue weighted by Crippen LogP contribution is 2.62. The third-order valence-electron chi connectivity index (χ3n) is 5.16. The minimum Gasteiger partial charge on any atom is -0.496 e. The van der Waals surface area contributed by atoms with Crippen LogP contribution < -0.4 is 9.47 Å². The number of carbonyl (C=O) groups is 1. The van der Waals surface area contributed by atoms with Crippen LogP contribution in [-0.2, 0) is 10.7 Å². The molecule has 0 aliphatic heterocycles. The van der Waals surface area contributed by atoms with Crippen LogP contribution in [0.15, 0.2) is 48.5 Å². The molecule has 3 rings (SSSR count). The third kappa shape index (κ3) is 3.57. The molecule has 1 fully saturated rings. The van der Waals surface area contributed by atoms with Gasteiger partial charge in [0.2, 0.25) is 5.52 Å². The third-order valence-corrected chi connectivity index (χ3v) is 8.60. The van der Waals surface area contributed by atoms with E-state index in [1.54, 1.807) is 18.2 Å².